The van der Waals surface area contributed by atoms with Crippen LogP contribution in [-0.2, 0) is 22.6 Å². The van der Waals surface area contributed by atoms with Gasteiger partial charge in [-0.15, -0.1) is 11.3 Å². The summed E-state index contributed by atoms with van der Waals surface area (Å²) in [6, 6.07) is -0.255. The number of aryl methyl sites for hydroxylation is 2. The molecule has 1 fully saturated rings. The van der Waals surface area contributed by atoms with Gasteiger partial charge in [0.1, 0.15) is 10.4 Å². The Labute approximate surface area is 180 Å². The van der Waals surface area contributed by atoms with Gasteiger partial charge >= 0.3 is 17.8 Å². The standard InChI is InChI=1S/C20H26F3N3O4S/c1-11-13(9-24-10-14(27)30-19(2,3)4)31-17-15(11)16(28)26(12-5-6-12)18(29)25(17)8-7-20(21,22)23/h12,24H,5-10H2,1-4H3. The van der Waals surface area contributed by atoms with Gasteiger partial charge in [-0.2, -0.15) is 13.2 Å². The van der Waals surface area contributed by atoms with Gasteiger partial charge in [-0.05, 0) is 46.1 Å². The van der Waals surface area contributed by atoms with E-state index in [-0.39, 0.29) is 29.3 Å². The molecule has 2 aromatic heterocycles. The number of hydrogen-bond acceptors (Lipinski definition) is 6. The molecule has 3 rings (SSSR count). The van der Waals surface area contributed by atoms with Crippen molar-refractivity contribution in [1.29, 1.82) is 0 Å². The van der Waals surface area contributed by atoms with Gasteiger partial charge in [0.05, 0.1) is 18.4 Å². The number of carbonyl (C=O) groups excluding carboxylic acids is 1. The normalized spacial score (nSPS) is 14.9. The summed E-state index contributed by atoms with van der Waals surface area (Å²) >= 11 is 1.10. The third kappa shape index (κ3) is 5.57. The van der Waals surface area contributed by atoms with Gasteiger partial charge in [0.25, 0.3) is 5.56 Å². The first-order chi connectivity index (χ1) is 14.3. The summed E-state index contributed by atoms with van der Waals surface area (Å²) < 4.78 is 45.9. The molecule has 172 valence electrons. The minimum atomic E-state index is -4.42. The van der Waals surface area contributed by atoms with Gasteiger partial charge < -0.3 is 10.1 Å². The maximum absolute atomic E-state index is 13.0. The van der Waals surface area contributed by atoms with E-state index in [0.717, 1.165) is 20.5 Å². The summed E-state index contributed by atoms with van der Waals surface area (Å²) in [5, 5.41) is 3.22. The van der Waals surface area contributed by atoms with Crippen LogP contribution in [0.5, 0.6) is 0 Å². The van der Waals surface area contributed by atoms with Crippen LogP contribution in [0.4, 0.5) is 13.2 Å². The summed E-state index contributed by atoms with van der Waals surface area (Å²) in [7, 11) is 0. The van der Waals surface area contributed by atoms with Gasteiger partial charge in [0, 0.05) is 24.0 Å². The molecule has 0 atom stereocenters. The highest BCUT2D eigenvalue weighted by molar-refractivity contribution is 7.18. The smallest absolute Gasteiger partial charge is 0.390 e. The monoisotopic (exact) mass is 461 g/mol. The van der Waals surface area contributed by atoms with E-state index in [0.29, 0.717) is 23.3 Å². The first kappa shape index (κ1) is 23.5. The van der Waals surface area contributed by atoms with Gasteiger partial charge in [0.2, 0.25) is 0 Å². The van der Waals surface area contributed by atoms with Crippen LogP contribution in [-0.4, -0.2) is 33.4 Å². The summed E-state index contributed by atoms with van der Waals surface area (Å²) in [5.74, 6) is -0.440. The number of aromatic nitrogens is 2. The van der Waals surface area contributed by atoms with Crippen molar-refractivity contribution < 1.29 is 22.7 Å². The average molecular weight is 462 g/mol. The van der Waals surface area contributed by atoms with Crippen LogP contribution in [0.2, 0.25) is 0 Å². The van der Waals surface area contributed by atoms with Crippen molar-refractivity contribution in [3.8, 4) is 0 Å². The van der Waals surface area contributed by atoms with Crippen molar-refractivity contribution in [2.75, 3.05) is 6.54 Å². The highest BCUT2D eigenvalue weighted by Gasteiger charge is 2.32. The van der Waals surface area contributed by atoms with Crippen LogP contribution in [0.25, 0.3) is 10.2 Å². The second-order valence-corrected chi connectivity index (χ2v) is 9.81. The van der Waals surface area contributed by atoms with E-state index in [1.807, 2.05) is 0 Å². The number of thiophene rings is 1. The number of fused-ring (bicyclic) bond motifs is 1. The lowest BCUT2D eigenvalue weighted by molar-refractivity contribution is -0.153. The van der Waals surface area contributed by atoms with E-state index in [1.54, 1.807) is 27.7 Å². The van der Waals surface area contributed by atoms with E-state index in [1.165, 1.54) is 0 Å². The first-order valence-corrected chi connectivity index (χ1v) is 10.9. The van der Waals surface area contributed by atoms with Crippen LogP contribution in [0, 0.1) is 6.92 Å². The zero-order valence-corrected chi connectivity index (χ0v) is 18.7. The number of alkyl halides is 3. The molecule has 0 saturated heterocycles. The second kappa shape index (κ2) is 8.42. The van der Waals surface area contributed by atoms with Crippen molar-refractivity contribution in [3.05, 3.63) is 31.3 Å². The average Bonchev–Trinajstić information content (AvgIpc) is 3.37. The fraction of sp³-hybridized carbons (Fsp3) is 0.650. The van der Waals surface area contributed by atoms with Crippen LogP contribution in [0.15, 0.2) is 9.59 Å². The molecule has 1 aliphatic rings. The third-order valence-corrected chi connectivity index (χ3v) is 6.16. The summed E-state index contributed by atoms with van der Waals surface area (Å²) in [5.41, 5.74) is -1.16. The molecular formula is C20H26F3N3O4S. The van der Waals surface area contributed by atoms with Crippen molar-refractivity contribution in [1.82, 2.24) is 14.5 Å². The molecule has 0 unspecified atom stereocenters. The van der Waals surface area contributed by atoms with Crippen molar-refractivity contribution in [2.24, 2.45) is 0 Å². The molecule has 0 bridgehead atoms. The molecule has 0 aromatic carbocycles. The molecule has 2 aromatic rings. The van der Waals surface area contributed by atoms with Gasteiger partial charge in [-0.25, -0.2) is 4.79 Å². The first-order valence-electron chi connectivity index (χ1n) is 10.0. The van der Waals surface area contributed by atoms with E-state index < -0.39 is 42.0 Å². The summed E-state index contributed by atoms with van der Waals surface area (Å²) in [6.45, 7) is 6.60. The SMILES string of the molecule is Cc1c(CNCC(=O)OC(C)(C)C)sc2c1c(=O)n(C1CC1)c(=O)n2CCC(F)(F)F. The minimum Gasteiger partial charge on any atom is -0.459 e. The van der Waals surface area contributed by atoms with Crippen molar-refractivity contribution in [2.45, 2.75) is 77.9 Å². The lowest BCUT2D eigenvalue weighted by atomic mass is 10.2. The largest absolute Gasteiger partial charge is 0.459 e. The number of hydrogen-bond donors (Lipinski definition) is 1. The number of rotatable bonds is 7. The van der Waals surface area contributed by atoms with E-state index >= 15 is 0 Å². The van der Waals surface area contributed by atoms with Gasteiger partial charge in [-0.1, -0.05) is 0 Å². The fourth-order valence-corrected chi connectivity index (χ4v) is 4.61. The Kier molecular flexibility index (Phi) is 6.39. The molecule has 0 spiro atoms. The molecule has 1 N–H and O–H groups in total. The molecule has 0 radical (unpaired) electrons. The Balaban J connectivity index is 1.94. The molecule has 31 heavy (non-hydrogen) atoms. The van der Waals surface area contributed by atoms with Crippen molar-refractivity contribution in [3.63, 3.8) is 0 Å². The highest BCUT2D eigenvalue weighted by atomic mass is 32.1. The van der Waals surface area contributed by atoms with Crippen LogP contribution < -0.4 is 16.6 Å². The van der Waals surface area contributed by atoms with Gasteiger partial charge in [0.15, 0.2) is 0 Å². The van der Waals surface area contributed by atoms with Crippen LogP contribution in [0.3, 0.4) is 0 Å². The molecule has 0 amide bonds. The molecule has 7 nitrogen and oxygen atoms in total. The summed E-state index contributed by atoms with van der Waals surface area (Å²) in [4.78, 5) is 38.6. The zero-order chi connectivity index (χ0) is 23.1. The molecule has 11 heteroatoms. The molecular weight excluding hydrogens is 435 g/mol. The predicted molar refractivity (Wildman–Crippen MR) is 112 cm³/mol. The number of esters is 1. The fourth-order valence-electron chi connectivity index (χ4n) is 3.33. The summed E-state index contributed by atoms with van der Waals surface area (Å²) in [6.07, 6.45) is -4.26. The zero-order valence-electron chi connectivity index (χ0n) is 17.9. The Morgan fingerprint density at radius 3 is 2.42 bits per heavy atom. The van der Waals surface area contributed by atoms with E-state index in [2.05, 4.69) is 5.32 Å². The number of nitrogens with one attached hydrogen (secondary N) is 1. The molecule has 0 aliphatic heterocycles. The Hall–Kier alpha value is -2.14. The molecule has 1 saturated carbocycles. The van der Waals surface area contributed by atoms with Crippen molar-refractivity contribution >= 4 is 27.5 Å². The number of nitrogens with zero attached hydrogens (tertiary/aromatic N) is 2. The Bertz CT molecular complexity index is 1100. The maximum atomic E-state index is 13.0. The topological polar surface area (TPSA) is 82.3 Å². The number of carbonyl (C=O) groups is 1. The lowest BCUT2D eigenvalue weighted by Gasteiger charge is -2.19. The van der Waals surface area contributed by atoms with Gasteiger partial charge in [-0.3, -0.25) is 18.7 Å². The van der Waals surface area contributed by atoms with Crippen LogP contribution >= 0.6 is 11.3 Å². The minimum absolute atomic E-state index is 0.0574. The molecule has 1 aliphatic carbocycles. The number of halogens is 3. The number of ether oxygens (including phenoxy) is 1. The Morgan fingerprint density at radius 2 is 1.87 bits per heavy atom. The van der Waals surface area contributed by atoms with E-state index in [9.17, 15) is 27.6 Å². The second-order valence-electron chi connectivity index (χ2n) is 8.73. The highest BCUT2D eigenvalue weighted by Crippen LogP contribution is 2.34. The quantitative estimate of drug-likeness (QED) is 0.640. The molecule has 2 heterocycles. The predicted octanol–water partition coefficient (Wildman–Crippen LogP) is 3.25. The Morgan fingerprint density at radius 1 is 1.23 bits per heavy atom. The van der Waals surface area contributed by atoms with E-state index in [4.69, 9.17) is 4.74 Å². The van der Waals surface area contributed by atoms with Crippen LogP contribution in [0.1, 0.15) is 56.5 Å². The third-order valence-electron chi connectivity index (χ3n) is 4.85. The lowest BCUT2D eigenvalue weighted by Crippen LogP contribution is -2.39. The maximum Gasteiger partial charge on any atom is 0.390 e.